The van der Waals surface area contributed by atoms with Gasteiger partial charge in [-0.15, -0.1) is 11.8 Å². The molecule has 2 N–H and O–H groups in total. The minimum absolute atomic E-state index is 0.108. The zero-order valence-electron chi connectivity index (χ0n) is 13.5. The van der Waals surface area contributed by atoms with Gasteiger partial charge in [0.15, 0.2) is 6.10 Å². The first kappa shape index (κ1) is 17.6. The molecule has 1 heterocycles. The number of amides is 2. The van der Waals surface area contributed by atoms with Crippen LogP contribution < -0.4 is 15.4 Å². The molecule has 25 heavy (non-hydrogen) atoms. The number of ether oxygens (including phenoxy) is 1. The van der Waals surface area contributed by atoms with E-state index in [1.54, 1.807) is 25.1 Å². The maximum Gasteiger partial charge on any atom is 0.265 e. The predicted molar refractivity (Wildman–Crippen MR) is 101 cm³/mol. The second-order valence-corrected chi connectivity index (χ2v) is 7.05. The molecule has 1 aliphatic rings. The highest BCUT2D eigenvalue weighted by Gasteiger charge is 2.23. The summed E-state index contributed by atoms with van der Waals surface area (Å²) in [6.07, 6.45) is -0.518. The van der Waals surface area contributed by atoms with Gasteiger partial charge in [0.05, 0.1) is 11.4 Å². The number of thioether (sulfide) groups is 1. The molecule has 0 radical (unpaired) electrons. The average molecular weight is 377 g/mol. The summed E-state index contributed by atoms with van der Waals surface area (Å²) < 4.78 is 5.49. The summed E-state index contributed by atoms with van der Waals surface area (Å²) in [6, 6.07) is 12.8. The Bertz CT molecular complexity index is 813. The number of carbonyl (C=O) groups excluding carboxylic acids is 2. The summed E-state index contributed by atoms with van der Waals surface area (Å²) in [5.74, 6) is 1.32. The van der Waals surface area contributed by atoms with Gasteiger partial charge in [0.1, 0.15) is 5.75 Å². The van der Waals surface area contributed by atoms with E-state index >= 15 is 0 Å². The third-order valence-corrected chi connectivity index (χ3v) is 4.82. The normalized spacial score (nSPS) is 15.8. The second-order valence-electron chi connectivity index (χ2n) is 5.63. The predicted octanol–water partition coefficient (Wildman–Crippen LogP) is 3.93. The van der Waals surface area contributed by atoms with Crippen LogP contribution in [0.4, 0.5) is 11.4 Å². The smallest absolute Gasteiger partial charge is 0.265 e. The fourth-order valence-corrected chi connectivity index (χ4v) is 3.36. The highest BCUT2D eigenvalue weighted by molar-refractivity contribution is 7.99. The van der Waals surface area contributed by atoms with E-state index in [-0.39, 0.29) is 11.8 Å². The standard InChI is InChI=1S/C18H17ClN2O3S/c1-11-18(23)21-15-8-14(5-6-16(15)24-11)20-17(22)10-25-9-12-3-2-4-13(19)7-12/h2-8,11H,9-10H2,1H3,(H,20,22)(H,21,23). The first-order chi connectivity index (χ1) is 12.0. The number of anilines is 2. The fourth-order valence-electron chi connectivity index (χ4n) is 2.37. The lowest BCUT2D eigenvalue weighted by Gasteiger charge is -2.23. The van der Waals surface area contributed by atoms with Gasteiger partial charge in [-0.05, 0) is 42.8 Å². The Kier molecular flexibility index (Phi) is 5.50. The number of rotatable bonds is 5. The van der Waals surface area contributed by atoms with Crippen molar-refractivity contribution in [2.45, 2.75) is 18.8 Å². The van der Waals surface area contributed by atoms with Crippen LogP contribution in [0.5, 0.6) is 5.75 Å². The minimum atomic E-state index is -0.518. The number of carbonyl (C=O) groups is 2. The summed E-state index contributed by atoms with van der Waals surface area (Å²) >= 11 is 7.45. The van der Waals surface area contributed by atoms with Crippen LogP contribution in [-0.4, -0.2) is 23.7 Å². The molecule has 2 amide bonds. The molecule has 1 atom stereocenters. The topological polar surface area (TPSA) is 67.4 Å². The van der Waals surface area contributed by atoms with Crippen molar-refractivity contribution in [1.82, 2.24) is 0 Å². The molecule has 1 unspecified atom stereocenters. The van der Waals surface area contributed by atoms with Gasteiger partial charge in [0.2, 0.25) is 5.91 Å². The molecule has 3 rings (SSSR count). The summed E-state index contributed by atoms with van der Waals surface area (Å²) in [6.45, 7) is 1.69. The lowest BCUT2D eigenvalue weighted by atomic mass is 10.2. The van der Waals surface area contributed by atoms with Crippen LogP contribution in [0.3, 0.4) is 0 Å². The molecule has 7 heteroatoms. The Morgan fingerprint density at radius 3 is 2.96 bits per heavy atom. The zero-order chi connectivity index (χ0) is 17.8. The monoisotopic (exact) mass is 376 g/mol. The van der Waals surface area contributed by atoms with E-state index in [2.05, 4.69) is 10.6 Å². The number of benzene rings is 2. The Morgan fingerprint density at radius 2 is 2.16 bits per heavy atom. The second kappa shape index (κ2) is 7.80. The zero-order valence-corrected chi connectivity index (χ0v) is 15.1. The van der Waals surface area contributed by atoms with Crippen LogP contribution in [0.2, 0.25) is 5.02 Å². The number of halogens is 1. The Hall–Kier alpha value is -2.18. The average Bonchev–Trinajstić information content (AvgIpc) is 2.56. The van der Waals surface area contributed by atoms with Crippen molar-refractivity contribution in [3.8, 4) is 5.75 Å². The van der Waals surface area contributed by atoms with Crippen molar-refractivity contribution in [3.05, 3.63) is 53.1 Å². The summed E-state index contributed by atoms with van der Waals surface area (Å²) in [5, 5.41) is 6.27. The number of hydrogen-bond acceptors (Lipinski definition) is 4. The molecule has 0 spiro atoms. The van der Waals surface area contributed by atoms with Gasteiger partial charge < -0.3 is 15.4 Å². The minimum Gasteiger partial charge on any atom is -0.479 e. The molecule has 2 aromatic rings. The molecule has 0 saturated heterocycles. The van der Waals surface area contributed by atoms with E-state index in [9.17, 15) is 9.59 Å². The molecule has 2 aromatic carbocycles. The van der Waals surface area contributed by atoms with Crippen molar-refractivity contribution in [1.29, 1.82) is 0 Å². The summed E-state index contributed by atoms with van der Waals surface area (Å²) in [7, 11) is 0. The lowest BCUT2D eigenvalue weighted by Crippen LogP contribution is -2.34. The van der Waals surface area contributed by atoms with Crippen LogP contribution in [0.15, 0.2) is 42.5 Å². The molecule has 0 aliphatic carbocycles. The third kappa shape index (κ3) is 4.67. The van der Waals surface area contributed by atoms with E-state index in [0.29, 0.717) is 33.7 Å². The van der Waals surface area contributed by atoms with Crippen LogP contribution in [-0.2, 0) is 15.3 Å². The van der Waals surface area contributed by atoms with Crippen molar-refractivity contribution in [2.75, 3.05) is 16.4 Å². The van der Waals surface area contributed by atoms with Gasteiger partial charge in [-0.2, -0.15) is 0 Å². The van der Waals surface area contributed by atoms with Crippen LogP contribution in [0.1, 0.15) is 12.5 Å². The molecule has 5 nitrogen and oxygen atoms in total. The van der Waals surface area contributed by atoms with Crippen molar-refractivity contribution in [2.24, 2.45) is 0 Å². The molecule has 130 valence electrons. The SMILES string of the molecule is CC1Oc2ccc(NC(=O)CSCc3cccc(Cl)c3)cc2NC1=O. The van der Waals surface area contributed by atoms with Gasteiger partial charge in [0.25, 0.3) is 5.91 Å². The van der Waals surface area contributed by atoms with Crippen LogP contribution >= 0.6 is 23.4 Å². The van der Waals surface area contributed by atoms with Gasteiger partial charge in [-0.3, -0.25) is 9.59 Å². The number of nitrogens with one attached hydrogen (secondary N) is 2. The van der Waals surface area contributed by atoms with Gasteiger partial charge in [-0.25, -0.2) is 0 Å². The van der Waals surface area contributed by atoms with E-state index in [4.69, 9.17) is 16.3 Å². The van der Waals surface area contributed by atoms with E-state index < -0.39 is 6.10 Å². The fraction of sp³-hybridized carbons (Fsp3) is 0.222. The van der Waals surface area contributed by atoms with Crippen molar-refractivity contribution >= 4 is 46.6 Å². The molecule has 0 bridgehead atoms. The van der Waals surface area contributed by atoms with Gasteiger partial charge in [0, 0.05) is 16.5 Å². The largest absolute Gasteiger partial charge is 0.479 e. The Balaban J connectivity index is 1.53. The lowest BCUT2D eigenvalue weighted by molar-refractivity contribution is -0.122. The van der Waals surface area contributed by atoms with Crippen LogP contribution in [0, 0.1) is 0 Å². The molecular formula is C18H17ClN2O3S. The first-order valence-electron chi connectivity index (χ1n) is 7.75. The maximum absolute atomic E-state index is 12.1. The first-order valence-corrected chi connectivity index (χ1v) is 9.28. The molecular weight excluding hydrogens is 360 g/mol. The van der Waals surface area contributed by atoms with Gasteiger partial charge in [-0.1, -0.05) is 23.7 Å². The molecule has 0 fully saturated rings. The highest BCUT2D eigenvalue weighted by atomic mass is 35.5. The summed E-state index contributed by atoms with van der Waals surface area (Å²) in [4.78, 5) is 23.7. The van der Waals surface area contributed by atoms with Crippen molar-refractivity contribution in [3.63, 3.8) is 0 Å². The molecule has 1 aliphatic heterocycles. The van der Waals surface area contributed by atoms with E-state index in [0.717, 1.165) is 5.56 Å². The van der Waals surface area contributed by atoms with E-state index in [1.165, 1.54) is 11.8 Å². The molecule has 0 saturated carbocycles. The number of hydrogen-bond donors (Lipinski definition) is 2. The Labute approximate surface area is 155 Å². The Morgan fingerprint density at radius 1 is 1.32 bits per heavy atom. The maximum atomic E-state index is 12.1. The summed E-state index contributed by atoms with van der Waals surface area (Å²) in [5.41, 5.74) is 2.26. The van der Waals surface area contributed by atoms with Gasteiger partial charge >= 0.3 is 0 Å². The third-order valence-electron chi connectivity index (χ3n) is 3.59. The molecule has 0 aromatic heterocycles. The van der Waals surface area contributed by atoms with Crippen molar-refractivity contribution < 1.29 is 14.3 Å². The quantitative estimate of drug-likeness (QED) is 0.829. The highest BCUT2D eigenvalue weighted by Crippen LogP contribution is 2.32. The number of fused-ring (bicyclic) bond motifs is 1. The van der Waals surface area contributed by atoms with Crippen LogP contribution in [0.25, 0.3) is 0 Å². The van der Waals surface area contributed by atoms with E-state index in [1.807, 2.05) is 24.3 Å².